The predicted molar refractivity (Wildman–Crippen MR) is 146 cm³/mol. The minimum absolute atomic E-state index is 0.108. The molecule has 4 aromatic rings. The van der Waals surface area contributed by atoms with Gasteiger partial charge in [-0.05, 0) is 87.0 Å². The second-order valence-corrected chi connectivity index (χ2v) is 9.63. The Balaban J connectivity index is 1.03. The third kappa shape index (κ3) is 4.38. The van der Waals surface area contributed by atoms with E-state index in [1.807, 2.05) is 18.2 Å². The molecule has 36 heavy (non-hydrogen) atoms. The van der Waals surface area contributed by atoms with E-state index in [1.54, 1.807) is 6.08 Å². The molecule has 174 valence electrons. The van der Waals surface area contributed by atoms with Gasteiger partial charge in [0.2, 0.25) is 0 Å². The summed E-state index contributed by atoms with van der Waals surface area (Å²) in [5.74, 6) is -0.341. The molecular formula is C34H26O2. The molecule has 0 spiro atoms. The van der Waals surface area contributed by atoms with E-state index in [1.165, 1.54) is 56.1 Å². The molecule has 0 N–H and O–H groups in total. The zero-order chi connectivity index (χ0) is 24.5. The molecule has 2 nitrogen and oxygen atoms in total. The SMILES string of the molecule is O=C(/C=C/Cc1ccc2c(c1)Cc1ccccc1-2)CC(=O)/C=C/c1ccc2c(c1)Cc1ccccc1-2. The molecule has 2 aliphatic rings. The van der Waals surface area contributed by atoms with Crippen LogP contribution in [0.25, 0.3) is 28.3 Å². The molecule has 2 aliphatic carbocycles. The van der Waals surface area contributed by atoms with Gasteiger partial charge >= 0.3 is 0 Å². The lowest BCUT2D eigenvalue weighted by atomic mass is 10.0. The summed E-state index contributed by atoms with van der Waals surface area (Å²) < 4.78 is 0. The van der Waals surface area contributed by atoms with Gasteiger partial charge in [0.15, 0.2) is 11.6 Å². The standard InChI is InChI=1S/C34H26O2/c35-29(9-5-6-23-13-16-33-27(18-23)20-25-7-1-3-10-31(25)33)22-30(36)15-12-24-14-17-34-28(19-24)21-26-8-2-4-11-32(26)34/h1-5,7-19H,6,20-22H2/b9-5+,15-12+. The number of fused-ring (bicyclic) bond motifs is 6. The van der Waals surface area contributed by atoms with Crippen LogP contribution in [0.4, 0.5) is 0 Å². The van der Waals surface area contributed by atoms with Crippen LogP contribution in [0, 0.1) is 0 Å². The van der Waals surface area contributed by atoms with Crippen LogP contribution in [0.1, 0.15) is 39.8 Å². The molecule has 0 atom stereocenters. The van der Waals surface area contributed by atoms with E-state index in [4.69, 9.17) is 0 Å². The fraction of sp³-hybridized carbons (Fsp3) is 0.118. The van der Waals surface area contributed by atoms with Crippen molar-refractivity contribution >= 4 is 17.6 Å². The first kappa shape index (κ1) is 22.2. The maximum Gasteiger partial charge on any atom is 0.163 e. The fourth-order valence-electron chi connectivity index (χ4n) is 5.40. The Labute approximate surface area is 211 Å². The number of benzene rings is 4. The fourth-order valence-corrected chi connectivity index (χ4v) is 5.40. The molecule has 0 bridgehead atoms. The zero-order valence-electron chi connectivity index (χ0n) is 20.0. The van der Waals surface area contributed by atoms with Crippen molar-refractivity contribution in [2.24, 2.45) is 0 Å². The molecule has 0 aliphatic heterocycles. The van der Waals surface area contributed by atoms with E-state index >= 15 is 0 Å². The van der Waals surface area contributed by atoms with Crippen molar-refractivity contribution in [1.29, 1.82) is 0 Å². The van der Waals surface area contributed by atoms with E-state index in [0.717, 1.165) is 18.4 Å². The Bertz CT molecular complexity index is 1570. The van der Waals surface area contributed by atoms with E-state index in [0.29, 0.717) is 6.42 Å². The maximum atomic E-state index is 12.4. The summed E-state index contributed by atoms with van der Waals surface area (Å²) in [4.78, 5) is 24.7. The molecule has 0 radical (unpaired) electrons. The van der Waals surface area contributed by atoms with Crippen LogP contribution < -0.4 is 0 Å². The second-order valence-electron chi connectivity index (χ2n) is 9.63. The number of carbonyl (C=O) groups is 2. The van der Waals surface area contributed by atoms with Gasteiger partial charge in [-0.3, -0.25) is 9.59 Å². The smallest absolute Gasteiger partial charge is 0.163 e. The molecule has 0 unspecified atom stereocenters. The highest BCUT2D eigenvalue weighted by atomic mass is 16.1. The molecule has 6 rings (SSSR count). The lowest BCUT2D eigenvalue weighted by Gasteiger charge is -2.03. The van der Waals surface area contributed by atoms with Crippen LogP contribution in [0.5, 0.6) is 0 Å². The van der Waals surface area contributed by atoms with E-state index in [9.17, 15) is 9.59 Å². The van der Waals surface area contributed by atoms with Crippen molar-refractivity contribution in [3.8, 4) is 22.3 Å². The van der Waals surface area contributed by atoms with Crippen molar-refractivity contribution in [2.75, 3.05) is 0 Å². The topological polar surface area (TPSA) is 34.1 Å². The van der Waals surface area contributed by atoms with Gasteiger partial charge in [-0.1, -0.05) is 97.1 Å². The molecule has 0 fully saturated rings. The first-order chi connectivity index (χ1) is 17.6. The summed E-state index contributed by atoms with van der Waals surface area (Å²) in [5, 5.41) is 0. The Hall–Kier alpha value is -4.30. The highest BCUT2D eigenvalue weighted by Gasteiger charge is 2.18. The van der Waals surface area contributed by atoms with E-state index in [2.05, 4.69) is 78.9 Å². The minimum atomic E-state index is -0.177. The van der Waals surface area contributed by atoms with E-state index < -0.39 is 0 Å². The first-order valence-electron chi connectivity index (χ1n) is 12.5. The molecule has 4 aromatic carbocycles. The van der Waals surface area contributed by atoms with Gasteiger partial charge in [0.05, 0.1) is 6.42 Å². The van der Waals surface area contributed by atoms with Crippen LogP contribution >= 0.6 is 0 Å². The van der Waals surface area contributed by atoms with Crippen LogP contribution in [0.15, 0.2) is 103 Å². The van der Waals surface area contributed by atoms with Crippen molar-refractivity contribution in [3.05, 3.63) is 137 Å². The Morgan fingerprint density at radius 2 is 1.19 bits per heavy atom. The van der Waals surface area contributed by atoms with Crippen LogP contribution in [0.3, 0.4) is 0 Å². The maximum absolute atomic E-state index is 12.4. The average molecular weight is 467 g/mol. The summed E-state index contributed by atoms with van der Waals surface area (Å²) in [6.45, 7) is 0. The van der Waals surface area contributed by atoms with Crippen LogP contribution in [-0.2, 0) is 28.9 Å². The summed E-state index contributed by atoms with van der Waals surface area (Å²) in [7, 11) is 0. The summed E-state index contributed by atoms with van der Waals surface area (Å²) >= 11 is 0. The minimum Gasteiger partial charge on any atom is -0.294 e. The van der Waals surface area contributed by atoms with Crippen molar-refractivity contribution < 1.29 is 9.59 Å². The molecule has 0 saturated carbocycles. The molecule has 2 heteroatoms. The van der Waals surface area contributed by atoms with E-state index in [-0.39, 0.29) is 18.0 Å². The van der Waals surface area contributed by atoms with Gasteiger partial charge < -0.3 is 0 Å². The predicted octanol–water partition coefficient (Wildman–Crippen LogP) is 7.17. The number of rotatable bonds is 7. The Morgan fingerprint density at radius 3 is 1.92 bits per heavy atom. The highest BCUT2D eigenvalue weighted by molar-refractivity contribution is 6.09. The Morgan fingerprint density at radius 1 is 0.611 bits per heavy atom. The quantitative estimate of drug-likeness (QED) is 0.185. The molecule has 0 saturated heterocycles. The monoisotopic (exact) mass is 466 g/mol. The lowest BCUT2D eigenvalue weighted by Crippen LogP contribution is -2.02. The molecular weight excluding hydrogens is 440 g/mol. The number of allylic oxidation sites excluding steroid dienone is 3. The third-order valence-corrected chi connectivity index (χ3v) is 7.14. The van der Waals surface area contributed by atoms with Gasteiger partial charge in [0.1, 0.15) is 0 Å². The van der Waals surface area contributed by atoms with Crippen LogP contribution in [-0.4, -0.2) is 11.6 Å². The zero-order valence-corrected chi connectivity index (χ0v) is 20.0. The summed E-state index contributed by atoms with van der Waals surface area (Å²) in [5.41, 5.74) is 12.7. The first-order valence-corrected chi connectivity index (χ1v) is 12.5. The number of carbonyl (C=O) groups excluding carboxylic acids is 2. The highest BCUT2D eigenvalue weighted by Crippen LogP contribution is 2.37. The summed E-state index contributed by atoms with van der Waals surface area (Å²) in [6.07, 6.45) is 9.18. The van der Waals surface area contributed by atoms with Gasteiger partial charge in [0.25, 0.3) is 0 Å². The van der Waals surface area contributed by atoms with Crippen LogP contribution in [0.2, 0.25) is 0 Å². The van der Waals surface area contributed by atoms with Gasteiger partial charge in [0, 0.05) is 0 Å². The van der Waals surface area contributed by atoms with Crippen molar-refractivity contribution in [2.45, 2.75) is 25.7 Å². The molecule has 0 aromatic heterocycles. The number of hydrogen-bond donors (Lipinski definition) is 0. The number of ketones is 2. The van der Waals surface area contributed by atoms with Gasteiger partial charge in [-0.15, -0.1) is 0 Å². The van der Waals surface area contributed by atoms with Crippen molar-refractivity contribution in [3.63, 3.8) is 0 Å². The largest absolute Gasteiger partial charge is 0.294 e. The van der Waals surface area contributed by atoms with Crippen molar-refractivity contribution in [1.82, 2.24) is 0 Å². The third-order valence-electron chi connectivity index (χ3n) is 7.14. The molecule has 0 heterocycles. The summed E-state index contributed by atoms with van der Waals surface area (Å²) in [6, 6.07) is 29.8. The lowest BCUT2D eigenvalue weighted by molar-refractivity contribution is -0.121. The molecule has 0 amide bonds. The van der Waals surface area contributed by atoms with Gasteiger partial charge in [-0.25, -0.2) is 0 Å². The number of hydrogen-bond acceptors (Lipinski definition) is 2. The Kier molecular flexibility index (Phi) is 5.79. The normalized spacial score (nSPS) is 13.0. The van der Waals surface area contributed by atoms with Gasteiger partial charge in [-0.2, -0.15) is 0 Å². The average Bonchev–Trinajstić information content (AvgIpc) is 3.44. The second kappa shape index (κ2) is 9.39.